The highest BCUT2D eigenvalue weighted by atomic mass is 15.2. The molecule has 70 heavy (non-hydrogen) atoms. The van der Waals surface area contributed by atoms with Gasteiger partial charge in [-0.15, -0.1) is 0 Å². The summed E-state index contributed by atoms with van der Waals surface area (Å²) in [5.74, 6) is 2.62. The number of rotatable bonds is 10. The van der Waals surface area contributed by atoms with Crippen LogP contribution in [-0.4, -0.2) is 15.8 Å². The molecule has 4 heteroatoms. The molecule has 0 spiro atoms. The molecule has 0 N–H and O–H groups in total. The average Bonchev–Trinajstić information content (AvgIpc) is 3.44. The number of nitrogens with zero attached hydrogens (tertiary/aromatic N) is 4. The minimum atomic E-state index is 0.170. The van der Waals surface area contributed by atoms with E-state index in [2.05, 4.69) is 174 Å². The summed E-state index contributed by atoms with van der Waals surface area (Å²) in [5, 5.41) is 20.0. The fourth-order valence-corrected chi connectivity index (χ4v) is 14.0. The highest BCUT2D eigenvalue weighted by molar-refractivity contribution is 5.61. The van der Waals surface area contributed by atoms with Gasteiger partial charge in [-0.25, -0.2) is 0 Å². The smallest absolute Gasteiger partial charge is 0.0947 e. The van der Waals surface area contributed by atoms with E-state index in [4.69, 9.17) is 0 Å². The average molecular weight is 915 g/mol. The second-order valence-corrected chi connectivity index (χ2v) is 21.5. The Morgan fingerprint density at radius 2 is 1.16 bits per heavy atom. The van der Waals surface area contributed by atoms with Gasteiger partial charge < -0.3 is 9.80 Å². The molecule has 1 fully saturated rings. The van der Waals surface area contributed by atoms with Crippen LogP contribution in [-0.2, 0) is 0 Å². The molecule has 0 bridgehead atoms. The SMILES string of the molecule is N#CC1=CC=C(N(C2=CC(C3C=CC=CC3)CC(C3=CC=CCC3)=C2)C2=CCC3CCC4C5=C(C=CC4N(C4=CC(C6C=CC=CC6)CC(C6=CC=CCC6)=C4)C4=CC=C(C#N)CC4)CCC2=C53)CC1. The molecule has 7 atom stereocenters. The lowest BCUT2D eigenvalue weighted by Gasteiger charge is -2.50. The van der Waals surface area contributed by atoms with Gasteiger partial charge >= 0.3 is 0 Å². The largest absolute Gasteiger partial charge is 0.338 e. The van der Waals surface area contributed by atoms with Gasteiger partial charge in [0.15, 0.2) is 0 Å². The van der Waals surface area contributed by atoms with Crippen molar-refractivity contribution in [3.8, 4) is 12.1 Å². The van der Waals surface area contributed by atoms with Crippen molar-refractivity contribution in [2.75, 3.05) is 0 Å². The van der Waals surface area contributed by atoms with Gasteiger partial charge in [-0.05, 0) is 220 Å². The van der Waals surface area contributed by atoms with E-state index in [1.54, 1.807) is 22.3 Å². The summed E-state index contributed by atoms with van der Waals surface area (Å²) in [4.78, 5) is 5.45. The Morgan fingerprint density at radius 1 is 0.514 bits per heavy atom. The van der Waals surface area contributed by atoms with E-state index in [1.165, 1.54) is 63.6 Å². The molecule has 0 saturated heterocycles. The van der Waals surface area contributed by atoms with Crippen LogP contribution in [0, 0.1) is 58.2 Å². The van der Waals surface area contributed by atoms with E-state index >= 15 is 0 Å². The summed E-state index contributed by atoms with van der Waals surface area (Å²) in [6.07, 6.45) is 76.8. The van der Waals surface area contributed by atoms with Crippen molar-refractivity contribution < 1.29 is 0 Å². The molecule has 0 aromatic carbocycles. The Balaban J connectivity index is 0.965. The zero-order valence-corrected chi connectivity index (χ0v) is 40.8. The van der Waals surface area contributed by atoms with Crippen LogP contribution in [0.3, 0.4) is 0 Å². The van der Waals surface area contributed by atoms with Gasteiger partial charge in [0.1, 0.15) is 0 Å². The van der Waals surface area contributed by atoms with Crippen LogP contribution in [0.2, 0.25) is 0 Å². The molecule has 0 radical (unpaired) electrons. The van der Waals surface area contributed by atoms with Crippen LogP contribution >= 0.6 is 0 Å². The Morgan fingerprint density at radius 3 is 1.74 bits per heavy atom. The first-order chi connectivity index (χ1) is 34.6. The Kier molecular flexibility index (Phi) is 12.5. The van der Waals surface area contributed by atoms with Gasteiger partial charge in [0.2, 0.25) is 0 Å². The van der Waals surface area contributed by atoms with Crippen LogP contribution in [0.1, 0.15) is 109 Å². The quantitative estimate of drug-likeness (QED) is 0.219. The summed E-state index contributed by atoms with van der Waals surface area (Å²) in [5.41, 5.74) is 20.8. The van der Waals surface area contributed by atoms with Gasteiger partial charge in [-0.3, -0.25) is 0 Å². The Bertz CT molecular complexity index is 2970. The minimum Gasteiger partial charge on any atom is -0.338 e. The van der Waals surface area contributed by atoms with Crippen molar-refractivity contribution in [1.82, 2.24) is 9.80 Å². The van der Waals surface area contributed by atoms with Crippen molar-refractivity contribution in [2.24, 2.45) is 35.5 Å². The number of hydrogen-bond acceptors (Lipinski definition) is 4. The molecule has 4 nitrogen and oxygen atoms in total. The molecule has 12 aliphatic carbocycles. The first-order valence-corrected chi connectivity index (χ1v) is 26.9. The summed E-state index contributed by atoms with van der Waals surface area (Å²) >= 11 is 0. The third-order valence-corrected chi connectivity index (χ3v) is 17.5. The summed E-state index contributed by atoms with van der Waals surface area (Å²) in [7, 11) is 0. The van der Waals surface area contributed by atoms with Crippen molar-refractivity contribution in [3.05, 3.63) is 236 Å². The van der Waals surface area contributed by atoms with Crippen molar-refractivity contribution in [1.29, 1.82) is 10.5 Å². The van der Waals surface area contributed by atoms with E-state index in [0.29, 0.717) is 35.5 Å². The van der Waals surface area contributed by atoms with E-state index < -0.39 is 0 Å². The molecule has 0 amide bonds. The molecule has 1 saturated carbocycles. The molecule has 12 rings (SSSR count). The highest BCUT2D eigenvalue weighted by Crippen LogP contribution is 2.56. The van der Waals surface area contributed by atoms with Crippen LogP contribution in [0.25, 0.3) is 0 Å². The molecule has 12 aliphatic rings. The summed E-state index contributed by atoms with van der Waals surface area (Å²) in [6, 6.07) is 5.14. The maximum atomic E-state index is 10.0. The van der Waals surface area contributed by atoms with Gasteiger partial charge in [-0.2, -0.15) is 10.5 Å². The third kappa shape index (κ3) is 8.59. The Labute approximate surface area is 417 Å². The zero-order chi connectivity index (χ0) is 47.0. The molecular weight excluding hydrogens is 849 g/mol. The molecule has 0 aromatic rings. The van der Waals surface area contributed by atoms with Crippen LogP contribution < -0.4 is 0 Å². The lowest BCUT2D eigenvalue weighted by molar-refractivity contribution is 0.247. The second kappa shape index (κ2) is 19.6. The fraction of sp³-hybridized carbons (Fsp3) is 0.364. The van der Waals surface area contributed by atoms with Gasteiger partial charge in [0.25, 0.3) is 0 Å². The molecule has 0 heterocycles. The second-order valence-electron chi connectivity index (χ2n) is 21.5. The van der Waals surface area contributed by atoms with Crippen LogP contribution in [0.15, 0.2) is 236 Å². The number of nitriles is 2. The summed E-state index contributed by atoms with van der Waals surface area (Å²) in [6.45, 7) is 0. The van der Waals surface area contributed by atoms with Gasteiger partial charge in [0.05, 0.1) is 18.2 Å². The topological polar surface area (TPSA) is 54.1 Å². The molecule has 0 aromatic heterocycles. The van der Waals surface area contributed by atoms with E-state index in [9.17, 15) is 10.5 Å². The van der Waals surface area contributed by atoms with Crippen molar-refractivity contribution >= 4 is 0 Å². The van der Waals surface area contributed by atoms with Crippen molar-refractivity contribution in [3.63, 3.8) is 0 Å². The maximum absolute atomic E-state index is 10.0. The first kappa shape index (κ1) is 44.6. The fourth-order valence-electron chi connectivity index (χ4n) is 14.0. The predicted octanol–water partition coefficient (Wildman–Crippen LogP) is 16.0. The van der Waals surface area contributed by atoms with E-state index in [1.807, 2.05) is 0 Å². The summed E-state index contributed by atoms with van der Waals surface area (Å²) < 4.78 is 0. The lowest BCUT2D eigenvalue weighted by atomic mass is 9.61. The maximum Gasteiger partial charge on any atom is 0.0947 e. The highest BCUT2D eigenvalue weighted by Gasteiger charge is 2.46. The van der Waals surface area contributed by atoms with Gasteiger partial charge in [0, 0.05) is 45.5 Å². The monoisotopic (exact) mass is 915 g/mol. The van der Waals surface area contributed by atoms with Crippen molar-refractivity contribution in [2.45, 2.75) is 115 Å². The standard InChI is InChI=1S/C66H66N4/c67-43-45-21-29-57(30-22-45)69(59-39-53(47-13-5-1-6-14-47)37-54(40-59)48-15-7-2-8-16-48)63-35-27-51-26-34-62-64(36-28-52-25-33-61(63)65(51)66(52)62)70(58-31-23-46(44-68)24-32-58)60-41-55(49-17-9-3-10-18-49)38-56(42-60)50-19-11-4-12-20-50/h1-7,9-11,13,15,17,19,21,23,27,29,31,35-36,39-42,47,49,52-53,55,61,63H,8,12,14,16,18,20,22,24-26,28,30,32-34,37-38H2. The normalized spacial score (nSPS) is 30.7. The molecular formula is C66H66N4. The lowest BCUT2D eigenvalue weighted by Crippen LogP contribution is -2.44. The molecule has 7 unspecified atom stereocenters. The number of hydrogen-bond donors (Lipinski definition) is 0. The van der Waals surface area contributed by atoms with Crippen LogP contribution in [0.5, 0.6) is 0 Å². The molecule has 350 valence electrons. The van der Waals surface area contributed by atoms with Crippen LogP contribution in [0.4, 0.5) is 0 Å². The number of allylic oxidation sites excluding steroid dienone is 35. The Hall–Kier alpha value is -6.62. The predicted molar refractivity (Wildman–Crippen MR) is 285 cm³/mol. The minimum absolute atomic E-state index is 0.170. The first-order valence-electron chi connectivity index (χ1n) is 26.9. The zero-order valence-electron chi connectivity index (χ0n) is 40.8. The van der Waals surface area contributed by atoms with E-state index in [0.717, 1.165) is 107 Å². The van der Waals surface area contributed by atoms with Gasteiger partial charge in [-0.1, -0.05) is 115 Å². The van der Waals surface area contributed by atoms with E-state index in [-0.39, 0.29) is 6.04 Å². The molecule has 0 aliphatic heterocycles. The third-order valence-electron chi connectivity index (χ3n) is 17.5.